The number of phenolic OH excluding ortho intramolecular Hbond substituents is 1. The largest absolute Gasteiger partial charge is 0.506 e. The number of halogens is 2. The molecule has 0 atom stereocenters. The Labute approximate surface area is 158 Å². The second-order valence-corrected chi connectivity index (χ2v) is 7.40. The van der Waals surface area contributed by atoms with Crippen molar-refractivity contribution >= 4 is 51.9 Å². The first kappa shape index (κ1) is 18.8. The van der Waals surface area contributed by atoms with Crippen molar-refractivity contribution in [3.8, 4) is 5.75 Å². The maximum Gasteiger partial charge on any atom is 0.175 e. The number of aromatic hydroxyl groups is 1. The van der Waals surface area contributed by atoms with Gasteiger partial charge in [-0.25, -0.2) is 0 Å². The highest BCUT2D eigenvalue weighted by Crippen LogP contribution is 2.33. The van der Waals surface area contributed by atoms with Crippen LogP contribution in [0.4, 0.5) is 11.4 Å². The molecule has 0 aliphatic heterocycles. The van der Waals surface area contributed by atoms with Crippen LogP contribution in [0.3, 0.4) is 0 Å². The van der Waals surface area contributed by atoms with E-state index in [4.69, 9.17) is 35.4 Å². The number of rotatable bonds is 4. The summed E-state index contributed by atoms with van der Waals surface area (Å²) in [5.41, 5.74) is 2.42. The smallest absolute Gasteiger partial charge is 0.175 e. The van der Waals surface area contributed by atoms with E-state index in [0.717, 1.165) is 12.0 Å². The van der Waals surface area contributed by atoms with E-state index >= 15 is 0 Å². The maximum atomic E-state index is 10.1. The first-order chi connectivity index (χ1) is 11.2. The molecule has 0 aromatic heterocycles. The van der Waals surface area contributed by atoms with Crippen LogP contribution in [0.2, 0.25) is 10.0 Å². The molecule has 2 rings (SSSR count). The van der Waals surface area contributed by atoms with Crippen LogP contribution in [0, 0.1) is 0 Å². The predicted molar refractivity (Wildman–Crippen MR) is 108 cm³/mol. The summed E-state index contributed by atoms with van der Waals surface area (Å²) < 4.78 is 0. The van der Waals surface area contributed by atoms with Gasteiger partial charge in [0.2, 0.25) is 0 Å². The molecule has 0 spiro atoms. The summed E-state index contributed by atoms with van der Waals surface area (Å²) in [6, 6.07) is 10.7. The number of nitrogens with one attached hydrogen (secondary N) is 2. The van der Waals surface area contributed by atoms with Crippen LogP contribution in [0.5, 0.6) is 5.75 Å². The average molecular weight is 383 g/mol. The molecule has 0 aliphatic rings. The van der Waals surface area contributed by atoms with Crippen molar-refractivity contribution in [2.45, 2.75) is 32.6 Å². The van der Waals surface area contributed by atoms with Crippen molar-refractivity contribution in [1.82, 2.24) is 0 Å². The fraction of sp³-hybridized carbons (Fsp3) is 0.278. The second kappa shape index (κ2) is 7.60. The summed E-state index contributed by atoms with van der Waals surface area (Å²) in [4.78, 5) is 0. The molecule has 2 aromatic carbocycles. The van der Waals surface area contributed by atoms with Gasteiger partial charge in [0.05, 0.1) is 15.7 Å². The molecule has 2 aromatic rings. The third-order valence-electron chi connectivity index (χ3n) is 4.09. The first-order valence-corrected chi connectivity index (χ1v) is 8.76. The molecule has 0 heterocycles. The topological polar surface area (TPSA) is 44.3 Å². The van der Waals surface area contributed by atoms with Crippen LogP contribution >= 0.6 is 35.4 Å². The number of hydrogen-bond acceptors (Lipinski definition) is 2. The lowest BCUT2D eigenvalue weighted by atomic mass is 9.82. The van der Waals surface area contributed by atoms with E-state index in [0.29, 0.717) is 26.5 Å². The summed E-state index contributed by atoms with van der Waals surface area (Å²) in [6.07, 6.45) is 0.989. The molecule has 0 radical (unpaired) electrons. The lowest BCUT2D eigenvalue weighted by Gasteiger charge is -2.24. The van der Waals surface area contributed by atoms with E-state index in [2.05, 4.69) is 31.4 Å². The van der Waals surface area contributed by atoms with Crippen molar-refractivity contribution in [1.29, 1.82) is 0 Å². The summed E-state index contributed by atoms with van der Waals surface area (Å²) in [7, 11) is 0. The van der Waals surface area contributed by atoms with Gasteiger partial charge in [0, 0.05) is 5.69 Å². The number of thiocarbonyl (C=S) groups is 1. The molecule has 3 N–H and O–H groups in total. The van der Waals surface area contributed by atoms with Crippen LogP contribution in [-0.4, -0.2) is 10.2 Å². The minimum Gasteiger partial charge on any atom is -0.506 e. The molecular formula is C18H20Cl2N2OS. The summed E-state index contributed by atoms with van der Waals surface area (Å²) in [5.74, 6) is 0.143. The second-order valence-electron chi connectivity index (χ2n) is 6.18. The van der Waals surface area contributed by atoms with Gasteiger partial charge in [-0.2, -0.15) is 0 Å². The number of hydrogen-bond donors (Lipinski definition) is 3. The van der Waals surface area contributed by atoms with Gasteiger partial charge in [0.25, 0.3) is 0 Å². The quantitative estimate of drug-likeness (QED) is 0.435. The Bertz CT molecular complexity index is 763. The SMILES string of the molecule is CCC(C)(C)c1ccc(O)c(NC(=S)Nc2ccc(Cl)c(Cl)c2)c1. The zero-order chi connectivity index (χ0) is 17.9. The summed E-state index contributed by atoms with van der Waals surface area (Å²) in [6.45, 7) is 6.46. The maximum absolute atomic E-state index is 10.1. The monoisotopic (exact) mass is 382 g/mol. The van der Waals surface area contributed by atoms with E-state index in [1.54, 1.807) is 24.3 Å². The highest BCUT2D eigenvalue weighted by Gasteiger charge is 2.19. The van der Waals surface area contributed by atoms with Crippen LogP contribution in [0.25, 0.3) is 0 Å². The zero-order valence-electron chi connectivity index (χ0n) is 13.8. The van der Waals surface area contributed by atoms with Gasteiger partial charge in [0.15, 0.2) is 5.11 Å². The Morgan fingerprint density at radius 2 is 1.79 bits per heavy atom. The third kappa shape index (κ3) is 4.53. The Kier molecular flexibility index (Phi) is 5.97. The van der Waals surface area contributed by atoms with Gasteiger partial charge < -0.3 is 15.7 Å². The van der Waals surface area contributed by atoms with Crippen molar-refractivity contribution < 1.29 is 5.11 Å². The molecule has 0 amide bonds. The highest BCUT2D eigenvalue weighted by molar-refractivity contribution is 7.80. The van der Waals surface area contributed by atoms with Crippen molar-refractivity contribution in [3.63, 3.8) is 0 Å². The van der Waals surface area contributed by atoms with E-state index in [-0.39, 0.29) is 11.2 Å². The lowest BCUT2D eigenvalue weighted by molar-refractivity contribution is 0.474. The fourth-order valence-corrected chi connectivity index (χ4v) is 2.65. The minimum absolute atomic E-state index is 0.0167. The van der Waals surface area contributed by atoms with Gasteiger partial charge >= 0.3 is 0 Å². The van der Waals surface area contributed by atoms with Gasteiger partial charge in [-0.05, 0) is 59.9 Å². The predicted octanol–water partition coefficient (Wildman–Crippen LogP) is 6.20. The summed E-state index contributed by atoms with van der Waals surface area (Å²) >= 11 is 17.2. The standard InChI is InChI=1S/C18H20Cl2N2OS/c1-4-18(2,3)11-5-8-16(23)15(9-11)22-17(24)21-12-6-7-13(19)14(20)10-12/h5-10,23H,4H2,1-3H3,(H2,21,22,24). The zero-order valence-corrected chi connectivity index (χ0v) is 16.1. The van der Waals surface area contributed by atoms with E-state index < -0.39 is 0 Å². The van der Waals surface area contributed by atoms with E-state index in [1.165, 1.54) is 0 Å². The van der Waals surface area contributed by atoms with E-state index in [1.807, 2.05) is 12.1 Å². The van der Waals surface area contributed by atoms with Crippen LogP contribution in [0.15, 0.2) is 36.4 Å². The van der Waals surface area contributed by atoms with Crippen molar-refractivity contribution in [2.24, 2.45) is 0 Å². The van der Waals surface area contributed by atoms with Crippen LogP contribution in [0.1, 0.15) is 32.8 Å². The summed E-state index contributed by atoms with van der Waals surface area (Å²) in [5, 5.41) is 17.4. The molecule has 0 bridgehead atoms. The molecule has 0 fully saturated rings. The Hall–Kier alpha value is -1.49. The molecule has 128 valence electrons. The first-order valence-electron chi connectivity index (χ1n) is 7.59. The number of anilines is 2. The Morgan fingerprint density at radius 1 is 1.08 bits per heavy atom. The molecule has 3 nitrogen and oxygen atoms in total. The molecule has 24 heavy (non-hydrogen) atoms. The van der Waals surface area contributed by atoms with E-state index in [9.17, 15) is 5.11 Å². The van der Waals surface area contributed by atoms with Gasteiger partial charge in [0.1, 0.15) is 5.75 Å². The highest BCUT2D eigenvalue weighted by atomic mass is 35.5. The van der Waals surface area contributed by atoms with Crippen molar-refractivity contribution in [3.05, 3.63) is 52.0 Å². The van der Waals surface area contributed by atoms with Gasteiger partial charge in [-0.3, -0.25) is 0 Å². The van der Waals surface area contributed by atoms with Gasteiger partial charge in [-0.15, -0.1) is 0 Å². The average Bonchev–Trinajstić information content (AvgIpc) is 2.53. The van der Waals surface area contributed by atoms with Crippen LogP contribution < -0.4 is 10.6 Å². The molecule has 0 unspecified atom stereocenters. The third-order valence-corrected chi connectivity index (χ3v) is 5.03. The van der Waals surface area contributed by atoms with Crippen LogP contribution in [-0.2, 0) is 5.41 Å². The minimum atomic E-state index is 0.0167. The molecule has 0 saturated carbocycles. The Balaban J connectivity index is 2.16. The molecule has 0 aliphatic carbocycles. The molecule has 0 saturated heterocycles. The fourth-order valence-electron chi connectivity index (χ4n) is 2.12. The number of phenols is 1. The number of benzene rings is 2. The normalized spacial score (nSPS) is 11.2. The van der Waals surface area contributed by atoms with Gasteiger partial charge in [-0.1, -0.05) is 50.0 Å². The molecule has 6 heteroatoms. The lowest BCUT2D eigenvalue weighted by Crippen LogP contribution is -2.20. The molecular weight excluding hydrogens is 363 g/mol. The van der Waals surface area contributed by atoms with Crippen molar-refractivity contribution in [2.75, 3.05) is 10.6 Å². The Morgan fingerprint density at radius 3 is 2.42 bits per heavy atom.